The Labute approximate surface area is 179 Å². The number of carbonyl (C=O) groups excluding carboxylic acids is 4. The van der Waals surface area contributed by atoms with E-state index in [-0.39, 0.29) is 23.6 Å². The summed E-state index contributed by atoms with van der Waals surface area (Å²) in [5.41, 5.74) is 0.424. The molecule has 0 aromatic heterocycles. The second-order valence-electron chi connectivity index (χ2n) is 8.46. The molecule has 2 heterocycles. The standard InChI is InChI=1S/C23H22N2O6/c1-23(2,3)30-22(29)24-13-17(14-9-5-4-6-10-14)18(24)21(28)31-25-19(26)15-11-7-8-12-16(15)20(25)27/h4-12,17-18H,13H2,1-3H3/t17-,18+/m1/s1. The lowest BCUT2D eigenvalue weighted by atomic mass is 9.83. The summed E-state index contributed by atoms with van der Waals surface area (Å²) in [6.07, 6.45) is -0.663. The van der Waals surface area contributed by atoms with Gasteiger partial charge in [0, 0.05) is 12.5 Å². The van der Waals surface area contributed by atoms with Gasteiger partial charge in [0.15, 0.2) is 0 Å². The van der Waals surface area contributed by atoms with E-state index >= 15 is 0 Å². The van der Waals surface area contributed by atoms with Crippen molar-refractivity contribution in [3.05, 3.63) is 71.3 Å². The van der Waals surface area contributed by atoms with Gasteiger partial charge in [-0.15, -0.1) is 0 Å². The Hall–Kier alpha value is -3.68. The van der Waals surface area contributed by atoms with E-state index in [1.165, 1.54) is 17.0 Å². The average Bonchev–Trinajstić information content (AvgIpc) is 2.92. The maximum absolute atomic E-state index is 13.1. The molecular weight excluding hydrogens is 400 g/mol. The summed E-state index contributed by atoms with van der Waals surface area (Å²) in [7, 11) is 0. The van der Waals surface area contributed by atoms with Crippen LogP contribution in [-0.4, -0.2) is 52.0 Å². The zero-order chi connectivity index (χ0) is 22.3. The first-order chi connectivity index (χ1) is 14.7. The molecule has 8 nitrogen and oxygen atoms in total. The van der Waals surface area contributed by atoms with Crippen LogP contribution in [0.4, 0.5) is 4.79 Å². The second kappa shape index (κ2) is 7.54. The molecular formula is C23H22N2O6. The zero-order valence-electron chi connectivity index (χ0n) is 17.4. The van der Waals surface area contributed by atoms with Crippen molar-refractivity contribution < 1.29 is 28.8 Å². The van der Waals surface area contributed by atoms with Crippen molar-refractivity contribution in [1.82, 2.24) is 9.96 Å². The number of hydrogen-bond donors (Lipinski definition) is 0. The minimum atomic E-state index is -1.03. The minimum absolute atomic E-state index is 0.164. The first kappa shape index (κ1) is 20.6. The maximum Gasteiger partial charge on any atom is 0.411 e. The van der Waals surface area contributed by atoms with Crippen molar-refractivity contribution in [2.45, 2.75) is 38.3 Å². The molecule has 2 aromatic rings. The molecule has 160 valence electrons. The molecule has 0 aliphatic carbocycles. The zero-order valence-corrected chi connectivity index (χ0v) is 17.4. The third-order valence-corrected chi connectivity index (χ3v) is 5.15. The third kappa shape index (κ3) is 3.76. The molecule has 4 rings (SSSR count). The van der Waals surface area contributed by atoms with Gasteiger partial charge in [-0.25, -0.2) is 9.59 Å². The number of nitrogens with zero attached hydrogens (tertiary/aromatic N) is 2. The molecule has 2 aliphatic rings. The van der Waals surface area contributed by atoms with Gasteiger partial charge >= 0.3 is 12.1 Å². The number of ether oxygens (including phenoxy) is 1. The molecule has 3 amide bonds. The Balaban J connectivity index is 1.57. The number of amides is 3. The third-order valence-electron chi connectivity index (χ3n) is 5.15. The van der Waals surface area contributed by atoms with Gasteiger partial charge in [0.25, 0.3) is 11.8 Å². The minimum Gasteiger partial charge on any atom is -0.444 e. The monoisotopic (exact) mass is 422 g/mol. The number of imide groups is 1. The molecule has 8 heteroatoms. The fourth-order valence-electron chi connectivity index (χ4n) is 3.69. The van der Waals surface area contributed by atoms with Crippen LogP contribution in [0.15, 0.2) is 54.6 Å². The van der Waals surface area contributed by atoms with E-state index in [0.29, 0.717) is 5.06 Å². The quantitative estimate of drug-likeness (QED) is 0.706. The first-order valence-electron chi connectivity index (χ1n) is 9.91. The SMILES string of the molecule is CC(C)(C)OC(=O)N1C[C@H](c2ccccc2)[C@H]1C(=O)ON1C(=O)c2ccccc2C1=O. The largest absolute Gasteiger partial charge is 0.444 e. The lowest BCUT2D eigenvalue weighted by Crippen LogP contribution is -2.62. The van der Waals surface area contributed by atoms with Gasteiger partial charge in [0.05, 0.1) is 11.1 Å². The molecule has 2 aliphatic heterocycles. The van der Waals surface area contributed by atoms with Crippen molar-refractivity contribution in [2.24, 2.45) is 0 Å². The molecule has 2 atom stereocenters. The molecule has 1 fully saturated rings. The van der Waals surface area contributed by atoms with E-state index in [1.54, 1.807) is 32.9 Å². The lowest BCUT2D eigenvalue weighted by molar-refractivity contribution is -0.180. The normalized spacial score (nSPS) is 20.2. The molecule has 0 N–H and O–H groups in total. The summed E-state index contributed by atoms with van der Waals surface area (Å²) in [6, 6.07) is 14.4. The Bertz CT molecular complexity index is 1020. The second-order valence-corrected chi connectivity index (χ2v) is 8.46. The van der Waals surface area contributed by atoms with Crippen LogP contribution in [-0.2, 0) is 14.4 Å². The van der Waals surface area contributed by atoms with Crippen molar-refractivity contribution in [1.29, 1.82) is 0 Å². The molecule has 1 saturated heterocycles. The van der Waals surface area contributed by atoms with E-state index in [0.717, 1.165) is 5.56 Å². The fourth-order valence-corrected chi connectivity index (χ4v) is 3.69. The highest BCUT2D eigenvalue weighted by atomic mass is 16.7. The number of hydroxylamine groups is 2. The van der Waals surface area contributed by atoms with Gasteiger partial charge in [-0.05, 0) is 38.5 Å². The van der Waals surface area contributed by atoms with E-state index in [4.69, 9.17) is 9.57 Å². The number of fused-ring (bicyclic) bond motifs is 1. The van der Waals surface area contributed by atoms with Gasteiger partial charge in [0.2, 0.25) is 0 Å². The van der Waals surface area contributed by atoms with E-state index < -0.39 is 35.5 Å². The summed E-state index contributed by atoms with van der Waals surface area (Å²) in [5, 5.41) is 0.459. The fraction of sp³-hybridized carbons (Fsp3) is 0.304. The van der Waals surface area contributed by atoms with Gasteiger partial charge in [-0.2, -0.15) is 0 Å². The molecule has 2 aromatic carbocycles. The van der Waals surface area contributed by atoms with Gasteiger partial charge in [0.1, 0.15) is 11.6 Å². The van der Waals surface area contributed by atoms with Crippen LogP contribution in [0, 0.1) is 0 Å². The van der Waals surface area contributed by atoms with Crippen LogP contribution in [0.1, 0.15) is 53.0 Å². The van der Waals surface area contributed by atoms with Crippen LogP contribution in [0.3, 0.4) is 0 Å². The Morgan fingerprint density at radius 1 is 0.903 bits per heavy atom. The summed E-state index contributed by atoms with van der Waals surface area (Å²) in [6.45, 7) is 5.43. The smallest absolute Gasteiger partial charge is 0.411 e. The predicted octanol–water partition coefficient (Wildman–Crippen LogP) is 3.14. The van der Waals surface area contributed by atoms with Gasteiger partial charge in [-0.1, -0.05) is 47.5 Å². The molecule has 31 heavy (non-hydrogen) atoms. The van der Waals surface area contributed by atoms with Crippen LogP contribution >= 0.6 is 0 Å². The Kier molecular flexibility index (Phi) is 5.00. The van der Waals surface area contributed by atoms with Crippen LogP contribution < -0.4 is 0 Å². The summed E-state index contributed by atoms with van der Waals surface area (Å²) < 4.78 is 5.40. The summed E-state index contributed by atoms with van der Waals surface area (Å²) >= 11 is 0. The first-order valence-corrected chi connectivity index (χ1v) is 9.91. The lowest BCUT2D eigenvalue weighted by Gasteiger charge is -2.46. The predicted molar refractivity (Wildman–Crippen MR) is 109 cm³/mol. The van der Waals surface area contributed by atoms with Crippen molar-refractivity contribution in [3.63, 3.8) is 0 Å². The molecule has 0 bridgehead atoms. The molecule has 0 saturated carbocycles. The van der Waals surface area contributed by atoms with E-state index in [2.05, 4.69) is 0 Å². The van der Waals surface area contributed by atoms with Crippen LogP contribution in [0.5, 0.6) is 0 Å². The highest BCUT2D eigenvalue weighted by Gasteiger charge is 2.51. The Morgan fingerprint density at radius 2 is 1.45 bits per heavy atom. The number of benzene rings is 2. The van der Waals surface area contributed by atoms with Gasteiger partial charge in [-0.3, -0.25) is 14.5 Å². The van der Waals surface area contributed by atoms with E-state index in [9.17, 15) is 19.2 Å². The van der Waals surface area contributed by atoms with Crippen LogP contribution in [0.2, 0.25) is 0 Å². The number of rotatable bonds is 3. The highest BCUT2D eigenvalue weighted by molar-refractivity contribution is 6.21. The number of hydrogen-bond acceptors (Lipinski definition) is 6. The molecule has 0 unspecified atom stereocenters. The van der Waals surface area contributed by atoms with E-state index in [1.807, 2.05) is 30.3 Å². The van der Waals surface area contributed by atoms with Crippen molar-refractivity contribution in [3.8, 4) is 0 Å². The maximum atomic E-state index is 13.1. The Morgan fingerprint density at radius 3 is 2.00 bits per heavy atom. The van der Waals surface area contributed by atoms with Crippen molar-refractivity contribution in [2.75, 3.05) is 6.54 Å². The molecule has 0 radical (unpaired) electrons. The van der Waals surface area contributed by atoms with Gasteiger partial charge < -0.3 is 9.57 Å². The number of carbonyl (C=O) groups is 4. The number of likely N-dealkylation sites (tertiary alicyclic amines) is 1. The average molecular weight is 422 g/mol. The highest BCUT2D eigenvalue weighted by Crippen LogP contribution is 2.37. The summed E-state index contributed by atoms with van der Waals surface area (Å²) in [5.74, 6) is -2.65. The topological polar surface area (TPSA) is 93.2 Å². The van der Waals surface area contributed by atoms with Crippen molar-refractivity contribution >= 4 is 23.9 Å². The molecule has 0 spiro atoms. The van der Waals surface area contributed by atoms with Crippen LogP contribution in [0.25, 0.3) is 0 Å². The summed E-state index contributed by atoms with van der Waals surface area (Å²) in [4.78, 5) is 57.3.